The molecule has 0 spiro atoms. The molecule has 1 fully saturated rings. The monoisotopic (exact) mass is 488 g/mol. The van der Waals surface area contributed by atoms with E-state index in [1.807, 2.05) is 30.3 Å². The first-order chi connectivity index (χ1) is 17.4. The van der Waals surface area contributed by atoms with Gasteiger partial charge in [0, 0.05) is 6.54 Å². The highest BCUT2D eigenvalue weighted by Crippen LogP contribution is 2.39. The Morgan fingerprint density at radius 2 is 1.86 bits per heavy atom. The highest BCUT2D eigenvalue weighted by atomic mass is 16.6. The van der Waals surface area contributed by atoms with Crippen LogP contribution in [0.1, 0.15) is 17.4 Å². The Morgan fingerprint density at radius 3 is 2.53 bits per heavy atom. The number of fused-ring (bicyclic) bond motifs is 1. The number of nitrogen functional groups attached to an aromatic ring is 1. The van der Waals surface area contributed by atoms with Crippen molar-refractivity contribution >= 4 is 22.7 Å². The highest BCUT2D eigenvalue weighted by Gasteiger charge is 2.45. The minimum Gasteiger partial charge on any atom is -0.508 e. The van der Waals surface area contributed by atoms with Crippen LogP contribution in [-0.4, -0.2) is 59.9 Å². The quantitative estimate of drug-likeness (QED) is 0.232. The van der Waals surface area contributed by atoms with Gasteiger partial charge >= 0.3 is 0 Å². The first kappa shape index (κ1) is 23.5. The van der Waals surface area contributed by atoms with Crippen LogP contribution in [-0.2, 0) is 11.3 Å². The lowest BCUT2D eigenvalue weighted by Gasteiger charge is -2.21. The van der Waals surface area contributed by atoms with Gasteiger partial charge in [0.05, 0.1) is 12.0 Å². The predicted molar refractivity (Wildman–Crippen MR) is 131 cm³/mol. The Morgan fingerprint density at radius 1 is 1.08 bits per heavy atom. The van der Waals surface area contributed by atoms with Crippen LogP contribution in [0.5, 0.6) is 5.75 Å². The Balaban J connectivity index is 1.51. The fourth-order valence-electron chi connectivity index (χ4n) is 4.47. The summed E-state index contributed by atoms with van der Waals surface area (Å²) in [4.78, 5) is 8.25. The molecule has 36 heavy (non-hydrogen) atoms. The second kappa shape index (κ2) is 9.44. The molecule has 184 valence electrons. The summed E-state index contributed by atoms with van der Waals surface area (Å²) < 4.78 is 7.20. The average Bonchev–Trinajstić information content (AvgIpc) is 3.36. The molecule has 4 aromatic rings. The van der Waals surface area contributed by atoms with Crippen LogP contribution in [0.4, 0.5) is 11.6 Å². The molecule has 0 amide bonds. The molecular weight excluding hydrogens is 464 g/mol. The van der Waals surface area contributed by atoms with Gasteiger partial charge in [-0.3, -0.25) is 4.57 Å². The van der Waals surface area contributed by atoms with E-state index in [9.17, 15) is 25.7 Å². The summed E-state index contributed by atoms with van der Waals surface area (Å²) >= 11 is 0. The summed E-state index contributed by atoms with van der Waals surface area (Å²) in [6.45, 7) is -0.197. The number of nitriles is 1. The zero-order valence-corrected chi connectivity index (χ0v) is 19.0. The number of aliphatic hydroxyl groups excluding tert-OH is 3. The lowest BCUT2D eigenvalue weighted by Crippen LogP contribution is -2.33. The van der Waals surface area contributed by atoms with E-state index in [0.29, 0.717) is 11.9 Å². The van der Waals surface area contributed by atoms with E-state index in [0.717, 1.165) is 16.7 Å². The molecule has 2 aromatic heterocycles. The molecule has 1 aliphatic heterocycles. The first-order valence-corrected chi connectivity index (χ1v) is 11.2. The molecular formula is C25H24N6O5. The fraction of sp³-hybridized carbons (Fsp3) is 0.240. The number of aromatic nitrogens is 3. The summed E-state index contributed by atoms with van der Waals surface area (Å²) in [7, 11) is 0. The maximum atomic E-state index is 10.7. The second-order valence-electron chi connectivity index (χ2n) is 8.49. The van der Waals surface area contributed by atoms with Gasteiger partial charge in [-0.1, -0.05) is 36.4 Å². The second-order valence-corrected chi connectivity index (χ2v) is 8.49. The van der Waals surface area contributed by atoms with Crippen molar-refractivity contribution in [1.29, 1.82) is 5.26 Å². The summed E-state index contributed by atoms with van der Waals surface area (Å²) in [5.74, 6) is 0.550. The first-order valence-electron chi connectivity index (χ1n) is 11.2. The number of phenols is 1. The third-order valence-corrected chi connectivity index (χ3v) is 6.29. The van der Waals surface area contributed by atoms with Crippen molar-refractivity contribution in [3.8, 4) is 22.9 Å². The number of aliphatic hydroxyl groups is 3. The van der Waals surface area contributed by atoms with Crippen LogP contribution in [0, 0.1) is 11.3 Å². The predicted octanol–water partition coefficient (Wildman–Crippen LogP) is 1.48. The van der Waals surface area contributed by atoms with Crippen molar-refractivity contribution in [1.82, 2.24) is 14.5 Å². The third-order valence-electron chi connectivity index (χ3n) is 6.29. The number of nitrogens with one attached hydrogen (secondary N) is 1. The van der Waals surface area contributed by atoms with E-state index < -0.39 is 31.1 Å². The van der Waals surface area contributed by atoms with Crippen molar-refractivity contribution in [2.24, 2.45) is 0 Å². The number of hydrogen-bond donors (Lipinski definition) is 6. The van der Waals surface area contributed by atoms with Gasteiger partial charge in [0.1, 0.15) is 53.7 Å². The van der Waals surface area contributed by atoms with Gasteiger partial charge in [-0.05, 0) is 28.8 Å². The number of aromatic hydroxyl groups is 1. The number of nitrogens with zero attached hydrogens (tertiary/aromatic N) is 4. The lowest BCUT2D eigenvalue weighted by atomic mass is 10.0. The molecule has 3 heterocycles. The summed E-state index contributed by atoms with van der Waals surface area (Å²) in [5, 5.41) is 53.7. The molecule has 0 radical (unpaired) electrons. The van der Waals surface area contributed by atoms with Crippen LogP contribution in [0.15, 0.2) is 54.9 Å². The molecule has 4 atom stereocenters. The van der Waals surface area contributed by atoms with Crippen molar-refractivity contribution in [2.45, 2.75) is 31.1 Å². The summed E-state index contributed by atoms with van der Waals surface area (Å²) in [6.07, 6.45) is -3.63. The number of rotatable bonds is 6. The molecule has 1 aliphatic rings. The maximum absolute atomic E-state index is 10.7. The van der Waals surface area contributed by atoms with Crippen molar-refractivity contribution in [3.05, 3.63) is 66.0 Å². The Bertz CT molecular complexity index is 1450. The molecule has 0 bridgehead atoms. The van der Waals surface area contributed by atoms with E-state index in [-0.39, 0.29) is 28.6 Å². The van der Waals surface area contributed by atoms with Gasteiger partial charge in [0.15, 0.2) is 11.9 Å². The normalized spacial score (nSPS) is 21.5. The van der Waals surface area contributed by atoms with E-state index >= 15 is 0 Å². The van der Waals surface area contributed by atoms with Crippen LogP contribution in [0.25, 0.3) is 22.2 Å². The standard InChI is InChI=1S/C25H24N6O5/c26-9-17-19-22(27)29-12-30-24(19)31(25-21(35)20(34)18(11-32)36-25)23(17)28-10-13-4-6-14(7-5-13)15-2-1-3-16(33)8-15/h1-8,12,18,20-21,25,28,32-35H,10-11H2,(H2,27,29,30)/t18-,20-,21-,25-/m1/s1. The molecule has 7 N–H and O–H groups in total. The molecule has 0 saturated carbocycles. The van der Waals surface area contributed by atoms with Gasteiger partial charge in [-0.15, -0.1) is 0 Å². The highest BCUT2D eigenvalue weighted by molar-refractivity contribution is 5.97. The van der Waals surface area contributed by atoms with Gasteiger partial charge in [-0.25, -0.2) is 9.97 Å². The minimum atomic E-state index is -1.39. The summed E-state index contributed by atoms with van der Waals surface area (Å²) in [5.41, 5.74) is 9.17. The number of hydrogen-bond acceptors (Lipinski definition) is 10. The van der Waals surface area contributed by atoms with Crippen LogP contribution >= 0.6 is 0 Å². The van der Waals surface area contributed by atoms with Crippen LogP contribution in [0.2, 0.25) is 0 Å². The average molecular weight is 489 g/mol. The zero-order valence-electron chi connectivity index (χ0n) is 19.0. The van der Waals surface area contributed by atoms with Gasteiger partial charge < -0.3 is 36.2 Å². The smallest absolute Gasteiger partial charge is 0.166 e. The van der Waals surface area contributed by atoms with E-state index in [1.54, 1.807) is 18.2 Å². The Kier molecular flexibility index (Phi) is 6.17. The largest absolute Gasteiger partial charge is 0.508 e. The summed E-state index contributed by atoms with van der Waals surface area (Å²) in [6, 6.07) is 16.7. The van der Waals surface area contributed by atoms with Crippen molar-refractivity contribution < 1.29 is 25.2 Å². The van der Waals surface area contributed by atoms with Crippen molar-refractivity contribution in [2.75, 3.05) is 17.7 Å². The van der Waals surface area contributed by atoms with E-state index in [4.69, 9.17) is 10.5 Å². The van der Waals surface area contributed by atoms with Gasteiger partial charge in [-0.2, -0.15) is 5.26 Å². The maximum Gasteiger partial charge on any atom is 0.166 e. The molecule has 11 nitrogen and oxygen atoms in total. The molecule has 0 aliphatic carbocycles. The third kappa shape index (κ3) is 3.98. The number of nitrogens with two attached hydrogens (primary N) is 1. The Labute approximate surface area is 205 Å². The molecule has 5 rings (SSSR count). The number of anilines is 2. The number of ether oxygens (including phenoxy) is 1. The number of benzene rings is 2. The van der Waals surface area contributed by atoms with E-state index in [1.165, 1.54) is 10.9 Å². The van der Waals surface area contributed by atoms with Crippen LogP contribution < -0.4 is 11.1 Å². The molecule has 2 aromatic carbocycles. The SMILES string of the molecule is N#Cc1c(NCc2ccc(-c3cccc(O)c3)cc2)n([C@@H]2O[C@H](CO)[C@@H](O)[C@H]2O)c2ncnc(N)c12. The van der Waals surface area contributed by atoms with Gasteiger partial charge in [0.25, 0.3) is 0 Å². The van der Waals surface area contributed by atoms with Gasteiger partial charge in [0.2, 0.25) is 0 Å². The molecule has 11 heteroatoms. The van der Waals surface area contributed by atoms with Crippen molar-refractivity contribution in [3.63, 3.8) is 0 Å². The number of phenolic OH excluding ortho intramolecular Hbond substituents is 1. The van der Waals surface area contributed by atoms with E-state index in [2.05, 4.69) is 21.4 Å². The topological polar surface area (TPSA) is 183 Å². The molecule has 1 saturated heterocycles. The zero-order chi connectivity index (χ0) is 25.4. The van der Waals surface area contributed by atoms with Crippen LogP contribution in [0.3, 0.4) is 0 Å². The Hall–Kier alpha value is -4.21. The molecule has 0 unspecified atom stereocenters. The minimum absolute atomic E-state index is 0.0839. The fourth-order valence-corrected chi connectivity index (χ4v) is 4.47. The lowest BCUT2D eigenvalue weighted by molar-refractivity contribution is -0.0499.